The molecule has 1 aliphatic heterocycles. The molecule has 0 spiro atoms. The molecular weight excluding hydrogens is 409 g/mol. The molecule has 3 aromatic rings. The molecule has 1 N–H and O–H groups in total. The summed E-state index contributed by atoms with van der Waals surface area (Å²) in [6.07, 6.45) is -0.974. The highest BCUT2D eigenvalue weighted by Gasteiger charge is 2.31. The van der Waals surface area contributed by atoms with Crippen LogP contribution in [0.2, 0.25) is 5.02 Å². The summed E-state index contributed by atoms with van der Waals surface area (Å²) in [6, 6.07) is 13.3. The first-order valence-corrected chi connectivity index (χ1v) is 10.0. The molecule has 0 aliphatic carbocycles. The third kappa shape index (κ3) is 4.04. The van der Waals surface area contributed by atoms with E-state index < -0.39 is 6.10 Å². The highest BCUT2D eigenvalue weighted by molar-refractivity contribution is 6.30. The van der Waals surface area contributed by atoms with E-state index in [0.29, 0.717) is 42.5 Å². The summed E-state index contributed by atoms with van der Waals surface area (Å²) in [6.45, 7) is 3.74. The zero-order valence-corrected chi connectivity index (χ0v) is 17.1. The lowest BCUT2D eigenvalue weighted by Crippen LogP contribution is -2.49. The summed E-state index contributed by atoms with van der Waals surface area (Å²) in [5.74, 6) is -0.373. The topological polar surface area (TPSA) is 69.8 Å². The number of piperazine rings is 1. The Bertz CT molecular complexity index is 1030. The van der Waals surface area contributed by atoms with E-state index in [0.717, 1.165) is 5.69 Å². The Kier molecular flexibility index (Phi) is 5.74. The number of aliphatic hydroxyl groups is 1. The van der Waals surface area contributed by atoms with Crippen LogP contribution in [0.25, 0.3) is 11.3 Å². The van der Waals surface area contributed by atoms with Crippen molar-refractivity contribution in [3.63, 3.8) is 0 Å². The van der Waals surface area contributed by atoms with Crippen molar-refractivity contribution >= 4 is 23.2 Å². The fourth-order valence-electron chi connectivity index (χ4n) is 3.58. The van der Waals surface area contributed by atoms with Crippen molar-refractivity contribution in [2.24, 2.45) is 0 Å². The quantitative estimate of drug-likeness (QED) is 0.674. The second kappa shape index (κ2) is 8.45. The zero-order valence-electron chi connectivity index (χ0n) is 16.4. The summed E-state index contributed by atoms with van der Waals surface area (Å²) in [7, 11) is 0. The van der Waals surface area contributed by atoms with Crippen LogP contribution >= 0.6 is 11.6 Å². The van der Waals surface area contributed by atoms with Gasteiger partial charge in [0.05, 0.1) is 0 Å². The molecule has 156 valence electrons. The van der Waals surface area contributed by atoms with E-state index in [1.54, 1.807) is 41.3 Å². The number of anilines is 1. The molecule has 2 heterocycles. The average molecular weight is 430 g/mol. The van der Waals surface area contributed by atoms with Crippen LogP contribution < -0.4 is 4.90 Å². The van der Waals surface area contributed by atoms with Gasteiger partial charge in [-0.2, -0.15) is 0 Å². The van der Waals surface area contributed by atoms with Gasteiger partial charge in [-0.05, 0) is 43.3 Å². The number of aliphatic hydroxyl groups excluding tert-OH is 1. The molecule has 1 unspecified atom stereocenters. The van der Waals surface area contributed by atoms with Crippen LogP contribution in [0.5, 0.6) is 0 Å². The van der Waals surface area contributed by atoms with Crippen LogP contribution in [-0.2, 0) is 0 Å². The molecule has 0 saturated carbocycles. The Morgan fingerprint density at radius 1 is 1.10 bits per heavy atom. The van der Waals surface area contributed by atoms with Crippen molar-refractivity contribution in [1.29, 1.82) is 0 Å². The van der Waals surface area contributed by atoms with Crippen LogP contribution in [0.3, 0.4) is 0 Å². The molecule has 1 amide bonds. The van der Waals surface area contributed by atoms with Gasteiger partial charge < -0.3 is 19.4 Å². The lowest BCUT2D eigenvalue weighted by Gasteiger charge is -2.36. The third-order valence-corrected chi connectivity index (χ3v) is 5.44. The fourth-order valence-corrected chi connectivity index (χ4v) is 3.70. The van der Waals surface area contributed by atoms with Crippen molar-refractivity contribution < 1.29 is 18.8 Å². The van der Waals surface area contributed by atoms with E-state index in [9.17, 15) is 14.3 Å². The molecule has 6 nitrogen and oxygen atoms in total. The Morgan fingerprint density at radius 3 is 2.33 bits per heavy atom. The maximum atomic E-state index is 13.4. The average Bonchev–Trinajstić information content (AvgIpc) is 3.20. The van der Waals surface area contributed by atoms with E-state index in [4.69, 9.17) is 16.1 Å². The van der Waals surface area contributed by atoms with Gasteiger partial charge in [-0.3, -0.25) is 4.79 Å². The Labute approximate surface area is 178 Å². The summed E-state index contributed by atoms with van der Waals surface area (Å²) in [5, 5.41) is 14.7. The summed E-state index contributed by atoms with van der Waals surface area (Å²) < 4.78 is 18.5. The van der Waals surface area contributed by atoms with Gasteiger partial charge in [0.1, 0.15) is 23.2 Å². The number of hydrogen-bond donors (Lipinski definition) is 1. The van der Waals surface area contributed by atoms with Crippen molar-refractivity contribution in [1.82, 2.24) is 10.1 Å². The molecule has 1 aromatic heterocycles. The Morgan fingerprint density at radius 2 is 1.73 bits per heavy atom. The highest BCUT2D eigenvalue weighted by Crippen LogP contribution is 2.31. The first-order valence-electron chi connectivity index (χ1n) is 9.67. The lowest BCUT2D eigenvalue weighted by molar-refractivity contribution is 0.0735. The number of benzene rings is 2. The number of aromatic nitrogens is 1. The van der Waals surface area contributed by atoms with Gasteiger partial charge in [0.25, 0.3) is 5.91 Å². The van der Waals surface area contributed by atoms with Crippen molar-refractivity contribution in [3.05, 3.63) is 70.7 Å². The minimum atomic E-state index is -0.974. The highest BCUT2D eigenvalue weighted by atomic mass is 35.5. The van der Waals surface area contributed by atoms with Crippen molar-refractivity contribution in [3.8, 4) is 11.3 Å². The molecule has 2 aromatic carbocycles. The molecule has 0 bridgehead atoms. The number of nitrogens with zero attached hydrogens (tertiary/aromatic N) is 3. The predicted molar refractivity (Wildman–Crippen MR) is 112 cm³/mol. The maximum absolute atomic E-state index is 13.4. The van der Waals surface area contributed by atoms with Gasteiger partial charge in [0.2, 0.25) is 0 Å². The first-order chi connectivity index (χ1) is 14.4. The zero-order chi connectivity index (χ0) is 21.3. The van der Waals surface area contributed by atoms with Crippen LogP contribution in [-0.4, -0.2) is 47.2 Å². The summed E-state index contributed by atoms with van der Waals surface area (Å²) >= 11 is 5.97. The molecule has 0 radical (unpaired) electrons. The number of carbonyl (C=O) groups is 1. The van der Waals surface area contributed by atoms with Crippen LogP contribution in [0.4, 0.5) is 10.1 Å². The minimum Gasteiger partial charge on any atom is -0.385 e. The fraction of sp³-hybridized carbons (Fsp3) is 0.273. The summed E-state index contributed by atoms with van der Waals surface area (Å²) in [5.41, 5.74) is 2.25. The molecule has 1 aliphatic rings. The standard InChI is InChI=1S/C22H21ClFN3O3/c1-14(28)21-19(20(25-30-21)15-2-4-16(23)5-3-15)22(29)27-12-10-26(11-13-27)18-8-6-17(24)7-9-18/h2-9,14,28H,10-13H2,1H3. The molecule has 1 fully saturated rings. The second-order valence-corrected chi connectivity index (χ2v) is 7.65. The SMILES string of the molecule is CC(O)c1onc(-c2ccc(Cl)cc2)c1C(=O)N1CCN(c2ccc(F)cc2)CC1. The molecule has 4 rings (SSSR count). The lowest BCUT2D eigenvalue weighted by atomic mass is 10.0. The minimum absolute atomic E-state index is 0.144. The molecule has 8 heteroatoms. The van der Waals surface area contributed by atoms with Crippen LogP contribution in [0.1, 0.15) is 29.1 Å². The molecular formula is C22H21ClFN3O3. The molecule has 1 atom stereocenters. The van der Waals surface area contributed by atoms with Gasteiger partial charge >= 0.3 is 0 Å². The first kappa shape index (κ1) is 20.4. The van der Waals surface area contributed by atoms with Gasteiger partial charge in [0, 0.05) is 42.5 Å². The second-order valence-electron chi connectivity index (χ2n) is 7.21. The number of halogens is 2. The normalized spacial score (nSPS) is 15.3. The number of hydrogen-bond acceptors (Lipinski definition) is 5. The van der Waals surface area contributed by atoms with Gasteiger partial charge in [0.15, 0.2) is 5.76 Å². The van der Waals surface area contributed by atoms with Crippen LogP contribution in [0.15, 0.2) is 53.1 Å². The van der Waals surface area contributed by atoms with Gasteiger partial charge in [-0.25, -0.2) is 4.39 Å². The Balaban J connectivity index is 1.56. The molecule has 30 heavy (non-hydrogen) atoms. The number of amides is 1. The van der Waals surface area contributed by atoms with Crippen molar-refractivity contribution in [2.75, 3.05) is 31.1 Å². The Hall–Kier alpha value is -2.90. The predicted octanol–water partition coefficient (Wildman–Crippen LogP) is 4.15. The van der Waals surface area contributed by atoms with Gasteiger partial charge in [-0.15, -0.1) is 0 Å². The van der Waals surface area contributed by atoms with Crippen LogP contribution in [0, 0.1) is 5.82 Å². The van der Waals surface area contributed by atoms with Crippen molar-refractivity contribution in [2.45, 2.75) is 13.0 Å². The molecule has 1 saturated heterocycles. The van der Waals surface area contributed by atoms with Gasteiger partial charge in [-0.1, -0.05) is 28.9 Å². The van der Waals surface area contributed by atoms with E-state index >= 15 is 0 Å². The number of carbonyl (C=O) groups excluding carboxylic acids is 1. The number of rotatable bonds is 4. The third-order valence-electron chi connectivity index (χ3n) is 5.19. The van der Waals surface area contributed by atoms with E-state index in [1.807, 2.05) is 0 Å². The largest absolute Gasteiger partial charge is 0.385 e. The van der Waals surface area contributed by atoms with E-state index in [1.165, 1.54) is 19.1 Å². The van der Waals surface area contributed by atoms with E-state index in [2.05, 4.69) is 10.1 Å². The smallest absolute Gasteiger partial charge is 0.259 e. The van der Waals surface area contributed by atoms with E-state index in [-0.39, 0.29) is 23.0 Å². The maximum Gasteiger partial charge on any atom is 0.259 e. The summed E-state index contributed by atoms with van der Waals surface area (Å²) in [4.78, 5) is 17.2. The monoisotopic (exact) mass is 429 g/mol.